The van der Waals surface area contributed by atoms with Gasteiger partial charge in [-0.15, -0.1) is 0 Å². The van der Waals surface area contributed by atoms with Gasteiger partial charge in [0.05, 0.1) is 17.4 Å². The molecule has 2 heterocycles. The number of hydrogen-bond donors (Lipinski definition) is 0. The van der Waals surface area contributed by atoms with E-state index in [2.05, 4.69) is 9.97 Å². The first-order chi connectivity index (χ1) is 13.6. The van der Waals surface area contributed by atoms with Crippen molar-refractivity contribution in [1.29, 1.82) is 0 Å². The van der Waals surface area contributed by atoms with Crippen molar-refractivity contribution in [2.75, 3.05) is 6.26 Å². The van der Waals surface area contributed by atoms with Crippen LogP contribution >= 0.6 is 35.0 Å². The van der Waals surface area contributed by atoms with Crippen LogP contribution in [0.15, 0.2) is 70.9 Å². The Morgan fingerprint density at radius 3 is 2.43 bits per heavy atom. The molecule has 0 N–H and O–H groups in total. The minimum atomic E-state index is -0.182. The van der Waals surface area contributed by atoms with Crippen molar-refractivity contribution in [2.45, 2.75) is 11.7 Å². The Balaban J connectivity index is 1.98. The third kappa shape index (κ3) is 3.53. The lowest BCUT2D eigenvalue weighted by Crippen LogP contribution is -2.22. The zero-order chi connectivity index (χ0) is 19.7. The summed E-state index contributed by atoms with van der Waals surface area (Å²) in [5.74, 6) is 0. The highest BCUT2D eigenvalue weighted by Crippen LogP contribution is 2.28. The number of hydrogen-bond acceptors (Lipinski definition) is 4. The van der Waals surface area contributed by atoms with E-state index in [1.165, 1.54) is 11.8 Å². The van der Waals surface area contributed by atoms with Crippen LogP contribution < -0.4 is 5.56 Å². The van der Waals surface area contributed by atoms with Gasteiger partial charge in [0.15, 0.2) is 5.16 Å². The van der Waals surface area contributed by atoms with Crippen LogP contribution in [0.5, 0.6) is 0 Å². The van der Waals surface area contributed by atoms with Crippen LogP contribution in [-0.2, 0) is 6.54 Å². The van der Waals surface area contributed by atoms with Crippen molar-refractivity contribution in [3.63, 3.8) is 0 Å². The smallest absolute Gasteiger partial charge is 0.261 e. The molecule has 4 rings (SSSR count). The molecule has 0 fully saturated rings. The number of rotatable bonds is 4. The molecular formula is C21H15Cl2N3OS. The fourth-order valence-corrected chi connectivity index (χ4v) is 3.91. The first kappa shape index (κ1) is 19.0. The Kier molecular flexibility index (Phi) is 5.40. The molecule has 0 bridgehead atoms. The topological polar surface area (TPSA) is 47.8 Å². The van der Waals surface area contributed by atoms with E-state index in [0.29, 0.717) is 31.7 Å². The van der Waals surface area contributed by atoms with Gasteiger partial charge in [0, 0.05) is 33.6 Å². The molecule has 28 heavy (non-hydrogen) atoms. The third-order valence-corrected chi connectivity index (χ3v) is 5.73. The number of halogens is 2. The molecular weight excluding hydrogens is 413 g/mol. The highest BCUT2D eigenvalue weighted by Gasteiger charge is 2.15. The van der Waals surface area contributed by atoms with Crippen molar-refractivity contribution in [1.82, 2.24) is 14.5 Å². The van der Waals surface area contributed by atoms with Gasteiger partial charge in [0.2, 0.25) is 0 Å². The van der Waals surface area contributed by atoms with Crippen LogP contribution in [0, 0.1) is 0 Å². The van der Waals surface area contributed by atoms with E-state index in [1.807, 2.05) is 42.8 Å². The monoisotopic (exact) mass is 427 g/mol. The van der Waals surface area contributed by atoms with E-state index < -0.39 is 0 Å². The third-order valence-electron chi connectivity index (χ3n) is 4.46. The maximum Gasteiger partial charge on any atom is 0.261 e. The Morgan fingerprint density at radius 2 is 1.75 bits per heavy atom. The van der Waals surface area contributed by atoms with Crippen LogP contribution in [0.2, 0.25) is 10.0 Å². The first-order valence-corrected chi connectivity index (χ1v) is 10.5. The van der Waals surface area contributed by atoms with Gasteiger partial charge >= 0.3 is 0 Å². The van der Waals surface area contributed by atoms with Crippen LogP contribution in [-0.4, -0.2) is 20.8 Å². The summed E-state index contributed by atoms with van der Waals surface area (Å²) in [7, 11) is 0. The van der Waals surface area contributed by atoms with Crippen LogP contribution in [0.4, 0.5) is 0 Å². The summed E-state index contributed by atoms with van der Waals surface area (Å²) in [6.45, 7) is 0.261. The van der Waals surface area contributed by atoms with Gasteiger partial charge in [-0.3, -0.25) is 4.79 Å². The second-order valence-electron chi connectivity index (χ2n) is 6.16. The van der Waals surface area contributed by atoms with E-state index in [0.717, 1.165) is 11.1 Å². The van der Waals surface area contributed by atoms with Crippen molar-refractivity contribution in [2.24, 2.45) is 0 Å². The molecule has 0 saturated heterocycles. The van der Waals surface area contributed by atoms with Crippen molar-refractivity contribution < 1.29 is 0 Å². The molecule has 0 aliphatic heterocycles. The molecule has 2 aromatic heterocycles. The van der Waals surface area contributed by atoms with Gasteiger partial charge in [-0.05, 0) is 24.0 Å². The fraction of sp³-hybridized carbons (Fsp3) is 0.0952. The number of aromatic nitrogens is 3. The highest BCUT2D eigenvalue weighted by molar-refractivity contribution is 7.98. The molecule has 0 aliphatic carbocycles. The van der Waals surface area contributed by atoms with Crippen LogP contribution in [0.25, 0.3) is 22.0 Å². The first-order valence-electron chi connectivity index (χ1n) is 8.51. The molecule has 140 valence electrons. The maximum atomic E-state index is 13.1. The second-order valence-corrected chi connectivity index (χ2v) is 7.75. The number of fused-ring (bicyclic) bond motifs is 1. The minimum Gasteiger partial charge on any atom is -0.310 e. The van der Waals surface area contributed by atoms with E-state index in [-0.39, 0.29) is 12.1 Å². The summed E-state index contributed by atoms with van der Waals surface area (Å²) >= 11 is 14.1. The van der Waals surface area contributed by atoms with Gasteiger partial charge in [0.1, 0.15) is 0 Å². The van der Waals surface area contributed by atoms with E-state index in [1.54, 1.807) is 29.0 Å². The summed E-state index contributed by atoms with van der Waals surface area (Å²) in [5, 5.41) is 2.13. The Morgan fingerprint density at radius 1 is 1.04 bits per heavy atom. The number of pyridine rings is 1. The largest absolute Gasteiger partial charge is 0.310 e. The predicted octanol–water partition coefficient (Wildman–Crippen LogP) is 5.54. The molecule has 7 heteroatoms. The van der Waals surface area contributed by atoms with Gasteiger partial charge in [-0.25, -0.2) is 9.97 Å². The minimum absolute atomic E-state index is 0.182. The number of nitrogens with zero attached hydrogens (tertiary/aromatic N) is 3. The predicted molar refractivity (Wildman–Crippen MR) is 117 cm³/mol. The van der Waals surface area contributed by atoms with Gasteiger partial charge in [-0.1, -0.05) is 71.4 Å². The molecule has 0 spiro atoms. The molecule has 0 aliphatic rings. The van der Waals surface area contributed by atoms with Gasteiger partial charge < -0.3 is 4.57 Å². The molecule has 0 amide bonds. The normalized spacial score (nSPS) is 11.1. The lowest BCUT2D eigenvalue weighted by atomic mass is 10.0. The summed E-state index contributed by atoms with van der Waals surface area (Å²) in [6.07, 6.45) is 5.31. The van der Waals surface area contributed by atoms with Gasteiger partial charge in [-0.2, -0.15) is 0 Å². The van der Waals surface area contributed by atoms with Gasteiger partial charge in [0.25, 0.3) is 5.56 Å². The second kappa shape index (κ2) is 7.95. The maximum absolute atomic E-state index is 13.1. The molecule has 0 saturated carbocycles. The van der Waals surface area contributed by atoms with E-state index >= 15 is 0 Å². The lowest BCUT2D eigenvalue weighted by molar-refractivity contribution is 0.767. The molecule has 4 nitrogen and oxygen atoms in total. The average molecular weight is 428 g/mol. The highest BCUT2D eigenvalue weighted by atomic mass is 35.5. The molecule has 0 unspecified atom stereocenters. The summed E-state index contributed by atoms with van der Waals surface area (Å²) in [6, 6.07) is 15.2. The zero-order valence-electron chi connectivity index (χ0n) is 14.9. The average Bonchev–Trinajstić information content (AvgIpc) is 2.72. The zero-order valence-corrected chi connectivity index (χ0v) is 17.2. The fourth-order valence-electron chi connectivity index (χ4n) is 3.06. The quantitative estimate of drug-likeness (QED) is 0.317. The lowest BCUT2D eigenvalue weighted by Gasteiger charge is -2.14. The van der Waals surface area contributed by atoms with Crippen LogP contribution in [0.1, 0.15) is 5.56 Å². The molecule has 0 atom stereocenters. The molecule has 0 radical (unpaired) electrons. The Bertz CT molecular complexity index is 1210. The molecule has 2 aromatic carbocycles. The van der Waals surface area contributed by atoms with E-state index in [4.69, 9.17) is 23.2 Å². The SMILES string of the molecule is CSc1ncc2c(=O)n(Cc3c(Cl)cccc3Cl)cc(-c3ccccc3)c2n1. The number of benzene rings is 2. The Hall–Kier alpha value is -2.34. The summed E-state index contributed by atoms with van der Waals surface area (Å²) < 4.78 is 1.61. The van der Waals surface area contributed by atoms with Crippen LogP contribution in [0.3, 0.4) is 0 Å². The molecule has 4 aromatic rings. The van der Waals surface area contributed by atoms with Crippen molar-refractivity contribution in [3.05, 3.63) is 86.9 Å². The summed E-state index contributed by atoms with van der Waals surface area (Å²) in [4.78, 5) is 22.0. The number of thioether (sulfide) groups is 1. The summed E-state index contributed by atoms with van der Waals surface area (Å²) in [5.41, 5.74) is 2.98. The van der Waals surface area contributed by atoms with Crippen molar-refractivity contribution in [3.8, 4) is 11.1 Å². The van der Waals surface area contributed by atoms with Crippen molar-refractivity contribution >= 4 is 45.9 Å². The van der Waals surface area contributed by atoms with E-state index in [9.17, 15) is 4.79 Å². The standard InChI is InChI=1S/C21H15Cl2N3OS/c1-28-21-24-10-14-19(25-21)15(13-6-3-2-4-7-13)11-26(20(14)27)12-16-17(22)8-5-9-18(16)23/h2-11H,12H2,1H3. The Labute approximate surface area is 176 Å².